The maximum atomic E-state index is 6.96. The zero-order valence-corrected chi connectivity index (χ0v) is 9.44. The van der Waals surface area contributed by atoms with Crippen molar-refractivity contribution >= 4 is 11.4 Å². The van der Waals surface area contributed by atoms with E-state index >= 15 is 0 Å². The lowest BCUT2D eigenvalue weighted by molar-refractivity contribution is 1.47. The number of hydrogen-bond acceptors (Lipinski definition) is 0. The molecule has 2 heteroatoms. The van der Waals surface area contributed by atoms with Gasteiger partial charge < -0.3 is 0 Å². The van der Waals surface area contributed by atoms with E-state index < -0.39 is 0 Å². The Hall–Kier alpha value is -2.58. The number of nitrogens with zero attached hydrogens (tertiary/aromatic N) is 2. The summed E-state index contributed by atoms with van der Waals surface area (Å²) in [7, 11) is 0. The third kappa shape index (κ3) is 2.17. The van der Waals surface area contributed by atoms with E-state index in [0.717, 1.165) is 16.7 Å². The molecule has 0 aromatic heterocycles. The van der Waals surface area contributed by atoms with Crippen molar-refractivity contribution in [3.8, 4) is 11.1 Å². The van der Waals surface area contributed by atoms with Crippen LogP contribution in [0, 0.1) is 20.1 Å². The van der Waals surface area contributed by atoms with Gasteiger partial charge in [0.2, 0.25) is 0 Å². The number of benzene rings is 2. The molecule has 0 atom stereocenters. The van der Waals surface area contributed by atoms with Crippen LogP contribution >= 0.6 is 0 Å². The van der Waals surface area contributed by atoms with Gasteiger partial charge in [-0.25, -0.2) is 9.69 Å². The van der Waals surface area contributed by atoms with E-state index in [9.17, 15) is 0 Å². The summed E-state index contributed by atoms with van der Waals surface area (Å²) in [5.41, 5.74) is 4.56. The lowest BCUT2D eigenvalue weighted by atomic mass is 10.00. The molecule has 0 unspecified atom stereocenters. The molecule has 2 aromatic carbocycles. The highest BCUT2D eigenvalue weighted by Crippen LogP contribution is 2.28. The Kier molecular flexibility index (Phi) is 2.90. The summed E-state index contributed by atoms with van der Waals surface area (Å²) in [6.45, 7) is 15.9. The van der Waals surface area contributed by atoms with Crippen LogP contribution in [0.4, 0.5) is 11.4 Å². The quantitative estimate of drug-likeness (QED) is 0.610. The zero-order valence-electron chi connectivity index (χ0n) is 9.44. The van der Waals surface area contributed by atoms with E-state index in [1.54, 1.807) is 0 Å². The maximum Gasteiger partial charge on any atom is 0.187 e. The van der Waals surface area contributed by atoms with Gasteiger partial charge in [0.15, 0.2) is 11.4 Å². The van der Waals surface area contributed by atoms with Gasteiger partial charge in [-0.15, -0.1) is 0 Å². The van der Waals surface area contributed by atoms with Crippen molar-refractivity contribution < 1.29 is 0 Å². The molecule has 0 saturated carbocycles. The van der Waals surface area contributed by atoms with Gasteiger partial charge in [-0.05, 0) is 18.1 Å². The molecule has 0 heterocycles. The summed E-state index contributed by atoms with van der Waals surface area (Å²) < 4.78 is 0. The lowest BCUT2D eigenvalue weighted by Crippen LogP contribution is -1.81. The molecule has 0 amide bonds. The van der Waals surface area contributed by atoms with E-state index in [-0.39, 0.29) is 0 Å². The molecule has 0 radical (unpaired) electrons. The third-order valence-electron chi connectivity index (χ3n) is 2.65. The van der Waals surface area contributed by atoms with E-state index in [4.69, 9.17) is 13.1 Å². The fraction of sp³-hybridized carbons (Fsp3) is 0.0667. The Morgan fingerprint density at radius 3 is 1.94 bits per heavy atom. The van der Waals surface area contributed by atoms with Crippen molar-refractivity contribution in [2.24, 2.45) is 0 Å². The second-order valence-electron chi connectivity index (χ2n) is 3.77. The van der Waals surface area contributed by atoms with Crippen LogP contribution in [0.2, 0.25) is 0 Å². The molecule has 0 aliphatic heterocycles. The van der Waals surface area contributed by atoms with Gasteiger partial charge in [0.05, 0.1) is 13.1 Å². The predicted octanol–water partition coefficient (Wildman–Crippen LogP) is 4.76. The Bertz CT molecular complexity index is 625. The second kappa shape index (κ2) is 4.51. The molecular formula is C15H10N2. The van der Waals surface area contributed by atoms with E-state index in [1.807, 2.05) is 49.4 Å². The van der Waals surface area contributed by atoms with Crippen LogP contribution in [0.5, 0.6) is 0 Å². The van der Waals surface area contributed by atoms with Gasteiger partial charge >= 0.3 is 0 Å². The molecule has 17 heavy (non-hydrogen) atoms. The average molecular weight is 218 g/mol. The summed E-state index contributed by atoms with van der Waals surface area (Å²) in [5, 5.41) is 0. The van der Waals surface area contributed by atoms with Crippen LogP contribution in [0.15, 0.2) is 42.5 Å². The van der Waals surface area contributed by atoms with Crippen LogP contribution in [0.1, 0.15) is 5.56 Å². The average Bonchev–Trinajstić information content (AvgIpc) is 2.39. The normalized spacial score (nSPS) is 9.35. The first kappa shape index (κ1) is 10.9. The van der Waals surface area contributed by atoms with Crippen LogP contribution in [-0.2, 0) is 0 Å². The molecule has 0 aliphatic rings. The van der Waals surface area contributed by atoms with Crippen molar-refractivity contribution in [1.82, 2.24) is 0 Å². The van der Waals surface area contributed by atoms with Crippen molar-refractivity contribution in [2.45, 2.75) is 6.92 Å². The highest BCUT2D eigenvalue weighted by molar-refractivity contribution is 5.71. The standard InChI is InChI=1S/C15H10N2/c1-11-10-14(17-3)8-9-15(11)12-4-6-13(16-2)7-5-12/h4-10H,1H3. The van der Waals surface area contributed by atoms with Crippen molar-refractivity contribution in [3.63, 3.8) is 0 Å². The molecule has 0 fully saturated rings. The summed E-state index contributed by atoms with van der Waals surface area (Å²) in [5.74, 6) is 0. The van der Waals surface area contributed by atoms with E-state index in [1.165, 1.54) is 0 Å². The van der Waals surface area contributed by atoms with Crippen molar-refractivity contribution in [1.29, 1.82) is 0 Å². The SMILES string of the molecule is [C-]#[N+]c1ccc(-c2ccc([N+]#[C-])cc2C)cc1. The minimum absolute atomic E-state index is 0.643. The van der Waals surface area contributed by atoms with Gasteiger partial charge in [-0.3, -0.25) is 0 Å². The Morgan fingerprint density at radius 1 is 0.824 bits per heavy atom. The molecule has 0 bridgehead atoms. The minimum atomic E-state index is 0.643. The molecule has 2 nitrogen and oxygen atoms in total. The van der Waals surface area contributed by atoms with E-state index in [0.29, 0.717) is 11.4 Å². The van der Waals surface area contributed by atoms with Crippen LogP contribution < -0.4 is 0 Å². The summed E-state index contributed by atoms with van der Waals surface area (Å²) in [6, 6.07) is 13.1. The van der Waals surface area contributed by atoms with Gasteiger partial charge in [-0.1, -0.05) is 48.0 Å². The predicted molar refractivity (Wildman–Crippen MR) is 69.1 cm³/mol. The molecule has 2 aromatic rings. The fourth-order valence-electron chi connectivity index (χ4n) is 1.76. The maximum absolute atomic E-state index is 6.96. The minimum Gasteiger partial charge on any atom is -0.238 e. The Labute approximate surface area is 101 Å². The number of aryl methyl sites for hydroxylation is 1. The molecule has 0 N–H and O–H groups in total. The summed E-state index contributed by atoms with van der Waals surface area (Å²) in [4.78, 5) is 6.77. The smallest absolute Gasteiger partial charge is 0.187 e. The fourth-order valence-corrected chi connectivity index (χ4v) is 1.76. The summed E-state index contributed by atoms with van der Waals surface area (Å²) >= 11 is 0. The highest BCUT2D eigenvalue weighted by atomic mass is 14.6. The zero-order chi connectivity index (χ0) is 12.3. The summed E-state index contributed by atoms with van der Waals surface area (Å²) in [6.07, 6.45) is 0. The molecular weight excluding hydrogens is 208 g/mol. The Morgan fingerprint density at radius 2 is 1.41 bits per heavy atom. The van der Waals surface area contributed by atoms with Gasteiger partial charge in [-0.2, -0.15) is 0 Å². The van der Waals surface area contributed by atoms with Gasteiger partial charge in [0.1, 0.15) is 0 Å². The third-order valence-corrected chi connectivity index (χ3v) is 2.65. The monoisotopic (exact) mass is 218 g/mol. The van der Waals surface area contributed by atoms with Crippen LogP contribution in [0.3, 0.4) is 0 Å². The van der Waals surface area contributed by atoms with Crippen molar-refractivity contribution in [2.75, 3.05) is 0 Å². The first-order valence-electron chi connectivity index (χ1n) is 5.20. The topological polar surface area (TPSA) is 8.72 Å². The van der Waals surface area contributed by atoms with Crippen molar-refractivity contribution in [3.05, 3.63) is 70.9 Å². The second-order valence-corrected chi connectivity index (χ2v) is 3.77. The molecule has 0 aliphatic carbocycles. The lowest BCUT2D eigenvalue weighted by Gasteiger charge is -2.06. The molecule has 0 saturated heterocycles. The van der Waals surface area contributed by atoms with Crippen LogP contribution in [-0.4, -0.2) is 0 Å². The molecule has 2 rings (SSSR count). The number of hydrogen-bond donors (Lipinski definition) is 0. The number of rotatable bonds is 1. The van der Waals surface area contributed by atoms with E-state index in [2.05, 4.69) is 9.69 Å². The largest absolute Gasteiger partial charge is 0.238 e. The first-order chi connectivity index (χ1) is 8.24. The molecule has 80 valence electrons. The van der Waals surface area contributed by atoms with Gasteiger partial charge in [0.25, 0.3) is 0 Å². The van der Waals surface area contributed by atoms with Crippen LogP contribution in [0.25, 0.3) is 20.8 Å². The molecule has 0 spiro atoms. The Balaban J connectivity index is 2.47. The first-order valence-corrected chi connectivity index (χ1v) is 5.20. The highest BCUT2D eigenvalue weighted by Gasteiger charge is 2.02. The van der Waals surface area contributed by atoms with Gasteiger partial charge in [0, 0.05) is 0 Å².